The lowest BCUT2D eigenvalue weighted by molar-refractivity contribution is -0.432. The Morgan fingerprint density at radius 1 is 0.571 bits per heavy atom. The van der Waals surface area contributed by atoms with Gasteiger partial charge in [0.1, 0.15) is 0 Å². The first-order valence-electron chi connectivity index (χ1n) is 12.3. The number of hydrogen-bond acceptors (Lipinski definition) is 16. The smallest absolute Gasteiger partial charge is 0.289 e. The van der Waals surface area contributed by atoms with Crippen molar-refractivity contribution in [3.63, 3.8) is 0 Å². The average Bonchev–Trinajstić information content (AvgIpc) is 3.04. The van der Waals surface area contributed by atoms with Crippen molar-refractivity contribution in [2.24, 2.45) is 0 Å². The second-order valence-corrected chi connectivity index (χ2v) is 16.4. The Labute approximate surface area is 295 Å². The van der Waals surface area contributed by atoms with Crippen molar-refractivity contribution < 1.29 is 73.2 Å². The molecule has 4 rings (SSSR count). The molecule has 0 saturated carbocycles. The van der Waals surface area contributed by atoms with Gasteiger partial charge in [-0.05, 0) is 72.8 Å². The Kier molecular flexibility index (Phi) is 12.3. The molecule has 4 aromatic carbocycles. The van der Waals surface area contributed by atoms with E-state index in [2.05, 4.69) is 18.7 Å². The number of hydrogen-bond donors (Lipinski definition) is 4. The number of halogens is 2. The van der Waals surface area contributed by atoms with Crippen LogP contribution in [0.4, 0.5) is 0 Å². The van der Waals surface area contributed by atoms with Crippen molar-refractivity contribution in [3.05, 3.63) is 105 Å². The van der Waals surface area contributed by atoms with Gasteiger partial charge in [-0.1, -0.05) is 33.3 Å². The predicted molar refractivity (Wildman–Crippen MR) is 169 cm³/mol. The molecule has 4 N–H and O–H groups in total. The zero-order chi connectivity index (χ0) is 36.3. The van der Waals surface area contributed by atoms with Crippen LogP contribution in [0.25, 0.3) is 0 Å². The molecule has 0 aromatic heterocycles. The van der Waals surface area contributed by atoms with Crippen LogP contribution in [-0.2, 0) is 48.8 Å². The highest BCUT2D eigenvalue weighted by molar-refractivity contribution is 7.95. The van der Waals surface area contributed by atoms with Crippen LogP contribution < -0.4 is 0 Å². The van der Waals surface area contributed by atoms with Gasteiger partial charge in [-0.2, -0.15) is 16.8 Å². The van der Waals surface area contributed by atoms with E-state index in [9.17, 15) is 43.9 Å². The molecule has 0 aliphatic rings. The SMILES string of the molecule is O=C(c1cc(SOOO)cc(S(=O)(=O)O)c1)c1cc(Cl)ccc1S(=O)(=O)c1ccc(Cl)cc1C(=O)c1cc(SOOO)cc(S(=O)(=O)O)c1. The van der Waals surface area contributed by atoms with Gasteiger partial charge in [0.15, 0.2) is 11.6 Å². The highest BCUT2D eigenvalue weighted by Crippen LogP contribution is 2.35. The fourth-order valence-electron chi connectivity index (χ4n) is 4.17. The molecular weight excluding hydrogens is 800 g/mol. The Bertz CT molecular complexity index is 2140. The molecule has 0 spiro atoms. The van der Waals surface area contributed by atoms with E-state index < -0.39 is 83.5 Å². The lowest BCUT2D eigenvalue weighted by atomic mass is 10.0. The second-order valence-electron chi connectivity index (χ2n) is 9.23. The maximum absolute atomic E-state index is 14.2. The van der Waals surface area contributed by atoms with E-state index in [4.69, 9.17) is 33.7 Å². The van der Waals surface area contributed by atoms with E-state index in [1.807, 2.05) is 0 Å². The second kappa shape index (κ2) is 15.5. The zero-order valence-electron chi connectivity index (χ0n) is 23.4. The summed E-state index contributed by atoms with van der Waals surface area (Å²) in [5, 5.41) is 23.6. The lowest BCUT2D eigenvalue weighted by Gasteiger charge is -2.15. The summed E-state index contributed by atoms with van der Waals surface area (Å²) in [7, 11) is -14.8. The minimum atomic E-state index is -4.95. The molecule has 0 bridgehead atoms. The number of rotatable bonds is 14. The fraction of sp³-hybridized carbons (Fsp3) is 0. The van der Waals surface area contributed by atoms with Gasteiger partial charge in [0.25, 0.3) is 20.2 Å². The largest absolute Gasteiger partial charge is 0.294 e. The summed E-state index contributed by atoms with van der Waals surface area (Å²) in [6, 6.07) is 11.1. The summed E-state index contributed by atoms with van der Waals surface area (Å²) < 4.78 is 104. The van der Waals surface area contributed by atoms with Crippen molar-refractivity contribution >= 4 is 88.9 Å². The highest BCUT2D eigenvalue weighted by Gasteiger charge is 2.31. The maximum atomic E-state index is 14.2. The molecule has 4 aromatic rings. The Morgan fingerprint density at radius 3 is 1.27 bits per heavy atom. The van der Waals surface area contributed by atoms with Crippen molar-refractivity contribution in [2.75, 3.05) is 0 Å². The molecule has 49 heavy (non-hydrogen) atoms. The predicted octanol–water partition coefficient (Wildman–Crippen LogP) is 5.64. The quantitative estimate of drug-likeness (QED) is 0.0395. The van der Waals surface area contributed by atoms with Crippen molar-refractivity contribution in [3.8, 4) is 0 Å². The van der Waals surface area contributed by atoms with E-state index >= 15 is 0 Å². The third-order valence-corrected chi connectivity index (χ3v) is 11.3. The van der Waals surface area contributed by atoms with Crippen molar-refractivity contribution in [1.82, 2.24) is 0 Å². The lowest BCUT2D eigenvalue weighted by Crippen LogP contribution is -2.15. The third kappa shape index (κ3) is 9.23. The van der Waals surface area contributed by atoms with Crippen LogP contribution in [0.2, 0.25) is 10.0 Å². The Hall–Kier alpha value is -2.97. The van der Waals surface area contributed by atoms with Gasteiger partial charge >= 0.3 is 0 Å². The normalized spacial score (nSPS) is 12.2. The van der Waals surface area contributed by atoms with E-state index in [0.29, 0.717) is 0 Å². The highest BCUT2D eigenvalue weighted by atomic mass is 35.5. The van der Waals surface area contributed by atoms with Crippen LogP contribution in [-0.4, -0.2) is 56.4 Å². The Balaban J connectivity index is 1.92. The standard InChI is InChI=1S/C26H16Cl2O16S5/c27-15-1-3-23(21(9-15)25(29)13-5-17(45-43-41-31)11-19(7-13)48(35,36)37)47(33,34)24-4-2-16(28)10-22(24)26(30)14-6-18(46-44-42-32)12-20(8-14)49(38,39)40/h1-12,31-32H,(H,35,36,37)(H,38,39,40). The minimum absolute atomic E-state index is 0.145. The van der Waals surface area contributed by atoms with Gasteiger partial charge < -0.3 is 0 Å². The van der Waals surface area contributed by atoms with Crippen LogP contribution in [0.3, 0.4) is 0 Å². The van der Waals surface area contributed by atoms with Gasteiger partial charge in [-0.3, -0.25) is 18.7 Å². The Morgan fingerprint density at radius 2 is 0.939 bits per heavy atom. The van der Waals surface area contributed by atoms with Crippen LogP contribution in [0.1, 0.15) is 31.8 Å². The summed E-state index contributed by atoms with van der Waals surface area (Å²) in [6.07, 6.45) is 0. The molecular formula is C26H16Cl2O16S5. The molecule has 0 aliphatic heterocycles. The average molecular weight is 816 g/mol. The number of benzene rings is 4. The van der Waals surface area contributed by atoms with Crippen molar-refractivity contribution in [2.45, 2.75) is 29.4 Å². The first-order valence-corrected chi connectivity index (χ1v) is 19.0. The number of ketones is 2. The number of carbonyl (C=O) groups excluding carboxylic acids is 2. The van der Waals surface area contributed by atoms with Gasteiger partial charge in [0, 0.05) is 42.1 Å². The number of sulfone groups is 1. The molecule has 0 radical (unpaired) electrons. The maximum Gasteiger partial charge on any atom is 0.294 e. The summed E-state index contributed by atoms with van der Waals surface area (Å²) in [4.78, 5) is 24.1. The molecule has 0 atom stereocenters. The topological polar surface area (TPSA) is 254 Å². The molecule has 16 nitrogen and oxygen atoms in total. The monoisotopic (exact) mass is 814 g/mol. The fourth-order valence-corrected chi connectivity index (χ4v) is 8.30. The summed E-state index contributed by atoms with van der Waals surface area (Å²) in [5.41, 5.74) is -2.27. The molecule has 0 aliphatic carbocycles. The molecule has 0 amide bonds. The molecule has 0 unspecified atom stereocenters. The van der Waals surface area contributed by atoms with Crippen LogP contribution >= 0.6 is 47.3 Å². The summed E-state index contributed by atoms with van der Waals surface area (Å²) in [5.74, 6) is -2.29. The van der Waals surface area contributed by atoms with Gasteiger partial charge in [-0.15, -0.1) is 8.67 Å². The minimum Gasteiger partial charge on any atom is -0.289 e. The van der Waals surface area contributed by atoms with Crippen LogP contribution in [0, 0.1) is 0 Å². The first-order chi connectivity index (χ1) is 22.9. The van der Waals surface area contributed by atoms with Crippen LogP contribution in [0.5, 0.6) is 0 Å². The first kappa shape index (κ1) is 38.8. The summed E-state index contributed by atoms with van der Waals surface area (Å²) >= 11 is 12.7. The third-order valence-electron chi connectivity index (χ3n) is 6.15. The molecule has 260 valence electrons. The van der Waals surface area contributed by atoms with Gasteiger partial charge in [0.2, 0.25) is 9.84 Å². The van der Waals surface area contributed by atoms with E-state index in [0.717, 1.165) is 72.8 Å². The van der Waals surface area contributed by atoms with Crippen LogP contribution in [0.15, 0.2) is 102 Å². The van der Waals surface area contributed by atoms with E-state index in [-0.39, 0.29) is 43.9 Å². The van der Waals surface area contributed by atoms with Gasteiger partial charge in [0.05, 0.1) is 43.7 Å². The van der Waals surface area contributed by atoms with E-state index in [1.165, 1.54) is 0 Å². The van der Waals surface area contributed by atoms with Gasteiger partial charge in [-0.25, -0.2) is 18.9 Å². The van der Waals surface area contributed by atoms with E-state index in [1.54, 1.807) is 0 Å². The molecule has 0 fully saturated rings. The summed E-state index contributed by atoms with van der Waals surface area (Å²) in [6.45, 7) is 0. The molecule has 23 heteroatoms. The molecule has 0 saturated heterocycles. The van der Waals surface area contributed by atoms with Crippen molar-refractivity contribution in [1.29, 1.82) is 0 Å². The number of carbonyl (C=O) groups is 2. The zero-order valence-corrected chi connectivity index (χ0v) is 29.0. The molecule has 0 heterocycles.